The first kappa shape index (κ1) is 21.9. The number of piperidine rings is 1. The Morgan fingerprint density at radius 2 is 2.00 bits per heavy atom. The Morgan fingerprint density at radius 1 is 1.28 bits per heavy atom. The second-order valence-electron chi connectivity index (χ2n) is 8.04. The minimum atomic E-state index is -0.496. The predicted molar refractivity (Wildman–Crippen MR) is 116 cm³/mol. The summed E-state index contributed by atoms with van der Waals surface area (Å²) >= 11 is 6.14. The summed E-state index contributed by atoms with van der Waals surface area (Å²) in [6, 6.07) is 4.92. The number of halogens is 2. The molecule has 2 fully saturated rings. The van der Waals surface area contributed by atoms with Crippen molar-refractivity contribution in [3.05, 3.63) is 40.4 Å². The van der Waals surface area contributed by atoms with Crippen molar-refractivity contribution in [2.75, 3.05) is 18.0 Å². The van der Waals surface area contributed by atoms with Gasteiger partial charge in [-0.2, -0.15) is 0 Å². The zero-order valence-corrected chi connectivity index (χ0v) is 16.8. The number of benzene rings is 1. The van der Waals surface area contributed by atoms with E-state index in [1.807, 2.05) is 6.92 Å². The fraction of sp³-hybridized carbons (Fsp3) is 0.545. The van der Waals surface area contributed by atoms with Gasteiger partial charge in [-0.05, 0) is 44.1 Å². The maximum Gasteiger partial charge on any atom is 0.153 e. The Morgan fingerprint density at radius 3 is 2.62 bits per heavy atom. The largest absolute Gasteiger partial charge is 0.390 e. The van der Waals surface area contributed by atoms with Gasteiger partial charge < -0.3 is 15.7 Å². The van der Waals surface area contributed by atoms with E-state index >= 15 is 0 Å². The van der Waals surface area contributed by atoms with Crippen LogP contribution in [-0.2, 0) is 6.61 Å². The quantitative estimate of drug-likeness (QED) is 0.766. The lowest BCUT2D eigenvalue weighted by molar-refractivity contribution is 0.196. The lowest BCUT2D eigenvalue weighted by atomic mass is 9.74. The van der Waals surface area contributed by atoms with E-state index in [1.54, 1.807) is 12.1 Å². The molecule has 1 aliphatic heterocycles. The molecule has 1 atom stereocenters. The summed E-state index contributed by atoms with van der Waals surface area (Å²) < 4.78 is 13.9. The molecule has 4 rings (SSSR count). The van der Waals surface area contributed by atoms with E-state index < -0.39 is 5.82 Å². The lowest BCUT2D eigenvalue weighted by Crippen LogP contribution is -2.47. The van der Waals surface area contributed by atoms with Crippen molar-refractivity contribution in [1.82, 2.24) is 9.97 Å². The number of rotatable bonds is 3. The molecule has 3 N–H and O–H groups in total. The number of aliphatic hydroxyl groups is 1. The first-order chi connectivity index (χ1) is 13.4. The van der Waals surface area contributed by atoms with Crippen LogP contribution in [0.2, 0.25) is 5.02 Å². The monoisotopic (exact) mass is 420 g/mol. The highest BCUT2D eigenvalue weighted by molar-refractivity contribution is 6.33. The molecule has 7 heteroatoms. The van der Waals surface area contributed by atoms with E-state index in [0.29, 0.717) is 28.5 Å². The molecule has 2 aliphatic rings. The van der Waals surface area contributed by atoms with Crippen LogP contribution < -0.4 is 10.6 Å². The van der Waals surface area contributed by atoms with Crippen molar-refractivity contribution in [2.24, 2.45) is 11.1 Å². The van der Waals surface area contributed by atoms with Crippen LogP contribution in [0.15, 0.2) is 18.2 Å². The second-order valence-corrected chi connectivity index (χ2v) is 8.41. The maximum absolute atomic E-state index is 13.9. The zero-order chi connectivity index (χ0) is 19.9. The fourth-order valence-electron chi connectivity index (χ4n) is 4.79. The van der Waals surface area contributed by atoms with Gasteiger partial charge in [-0.25, -0.2) is 14.4 Å². The molecule has 2 aromatic rings. The summed E-state index contributed by atoms with van der Waals surface area (Å²) in [5, 5.41) is 9.95. The Kier molecular flexibility index (Phi) is 6.46. The Balaban J connectivity index is 0.00000240. The van der Waals surface area contributed by atoms with Crippen molar-refractivity contribution in [3.8, 4) is 11.3 Å². The molecular formula is C22H30ClFN4O. The number of nitrogens with two attached hydrogens (primary N) is 1. The Labute approximate surface area is 177 Å². The topological polar surface area (TPSA) is 75.3 Å². The summed E-state index contributed by atoms with van der Waals surface area (Å²) in [6.07, 6.45) is 5.61. The molecule has 1 saturated carbocycles. The maximum atomic E-state index is 13.9. The molecule has 1 aliphatic carbocycles. The highest BCUT2D eigenvalue weighted by Gasteiger charge is 2.43. The molecule has 5 nitrogen and oxygen atoms in total. The lowest BCUT2D eigenvalue weighted by Gasteiger charge is -2.42. The van der Waals surface area contributed by atoms with Crippen molar-refractivity contribution in [1.29, 1.82) is 0 Å². The number of hydrogen-bond donors (Lipinski definition) is 2. The predicted octanol–water partition coefficient (Wildman–Crippen LogP) is 4.47. The molecule has 29 heavy (non-hydrogen) atoms. The molecule has 0 radical (unpaired) electrons. The van der Waals surface area contributed by atoms with Crippen molar-refractivity contribution in [2.45, 2.75) is 59.1 Å². The SMILES string of the molecule is C.Cc1nc(N2CCC3(CCC[C@H]3N)CC2)c(CO)nc1-c1cccc(F)c1Cl. The minimum Gasteiger partial charge on any atom is -0.390 e. The van der Waals surface area contributed by atoms with Crippen LogP contribution in [0.4, 0.5) is 10.2 Å². The van der Waals surface area contributed by atoms with Crippen LogP contribution in [-0.4, -0.2) is 34.2 Å². The Bertz CT molecular complexity index is 883. The van der Waals surface area contributed by atoms with Crippen molar-refractivity contribution >= 4 is 17.4 Å². The number of hydrogen-bond acceptors (Lipinski definition) is 5. The van der Waals surface area contributed by atoms with Gasteiger partial charge in [-0.3, -0.25) is 0 Å². The van der Waals surface area contributed by atoms with Crippen molar-refractivity contribution < 1.29 is 9.50 Å². The van der Waals surface area contributed by atoms with Crippen LogP contribution in [0.25, 0.3) is 11.3 Å². The summed E-state index contributed by atoms with van der Waals surface area (Å²) in [6.45, 7) is 3.32. The molecule has 1 spiro atoms. The molecule has 2 heterocycles. The number of anilines is 1. The third-order valence-electron chi connectivity index (χ3n) is 6.51. The van der Waals surface area contributed by atoms with Gasteiger partial charge in [-0.1, -0.05) is 37.6 Å². The fourth-order valence-corrected chi connectivity index (χ4v) is 5.01. The summed E-state index contributed by atoms with van der Waals surface area (Å²) in [5.41, 5.74) is 8.80. The number of aryl methyl sites for hydroxylation is 1. The smallest absolute Gasteiger partial charge is 0.153 e. The average molecular weight is 421 g/mol. The summed E-state index contributed by atoms with van der Waals surface area (Å²) in [4.78, 5) is 11.5. The van der Waals surface area contributed by atoms with Crippen LogP contribution >= 0.6 is 11.6 Å². The second kappa shape index (κ2) is 8.54. The molecule has 158 valence electrons. The Hall–Kier alpha value is -1.76. The van der Waals surface area contributed by atoms with Crippen LogP contribution in [0.5, 0.6) is 0 Å². The summed E-state index contributed by atoms with van der Waals surface area (Å²) in [7, 11) is 0. The molecule has 1 aromatic heterocycles. The molecule has 0 amide bonds. The average Bonchev–Trinajstić information content (AvgIpc) is 3.04. The summed E-state index contributed by atoms with van der Waals surface area (Å²) in [5.74, 6) is 0.210. The molecule has 1 aromatic carbocycles. The normalized spacial score (nSPS) is 20.7. The first-order valence-electron chi connectivity index (χ1n) is 9.88. The van der Waals surface area contributed by atoms with Crippen molar-refractivity contribution in [3.63, 3.8) is 0 Å². The van der Waals surface area contributed by atoms with E-state index in [0.717, 1.165) is 32.4 Å². The minimum absolute atomic E-state index is 0. The van der Waals surface area contributed by atoms with Gasteiger partial charge in [0.05, 0.1) is 23.0 Å². The van der Waals surface area contributed by atoms with Crippen LogP contribution in [0, 0.1) is 18.2 Å². The highest BCUT2D eigenvalue weighted by atomic mass is 35.5. The van der Waals surface area contributed by atoms with E-state index in [-0.39, 0.29) is 30.5 Å². The zero-order valence-electron chi connectivity index (χ0n) is 16.1. The van der Waals surface area contributed by atoms with Gasteiger partial charge in [0.2, 0.25) is 0 Å². The van der Waals surface area contributed by atoms with Crippen LogP contribution in [0.1, 0.15) is 50.9 Å². The first-order valence-corrected chi connectivity index (χ1v) is 10.3. The van der Waals surface area contributed by atoms with E-state index in [1.165, 1.54) is 18.9 Å². The highest BCUT2D eigenvalue weighted by Crippen LogP contribution is 2.46. The van der Waals surface area contributed by atoms with Gasteiger partial charge in [0.15, 0.2) is 5.82 Å². The van der Waals surface area contributed by atoms with E-state index in [4.69, 9.17) is 22.3 Å². The molecule has 0 bridgehead atoms. The third-order valence-corrected chi connectivity index (χ3v) is 6.90. The van der Waals surface area contributed by atoms with E-state index in [2.05, 4.69) is 9.88 Å². The molecule has 1 saturated heterocycles. The van der Waals surface area contributed by atoms with Crippen LogP contribution in [0.3, 0.4) is 0 Å². The van der Waals surface area contributed by atoms with Gasteiger partial charge in [0.25, 0.3) is 0 Å². The van der Waals surface area contributed by atoms with Gasteiger partial charge in [0, 0.05) is 24.7 Å². The van der Waals surface area contributed by atoms with Gasteiger partial charge in [0.1, 0.15) is 11.5 Å². The van der Waals surface area contributed by atoms with Gasteiger partial charge >= 0.3 is 0 Å². The number of nitrogens with zero attached hydrogens (tertiary/aromatic N) is 3. The molecule has 0 unspecified atom stereocenters. The third kappa shape index (κ3) is 3.86. The molecular weight excluding hydrogens is 391 g/mol. The number of aromatic nitrogens is 2. The van der Waals surface area contributed by atoms with Gasteiger partial charge in [-0.15, -0.1) is 0 Å². The number of aliphatic hydroxyl groups excluding tert-OH is 1. The standard InChI is InChI=1S/C21H26ClFN4O.CH4/c1-13-19(14-4-2-5-15(23)18(14)22)26-16(12-28)20(25-13)27-10-8-21(9-11-27)7-3-6-17(21)24;/h2,4-5,17,28H,3,6-12,24H2,1H3;1H4/t17-;/m1./s1. The van der Waals surface area contributed by atoms with E-state index in [9.17, 15) is 9.50 Å².